The van der Waals surface area contributed by atoms with Crippen molar-refractivity contribution in [1.29, 1.82) is 0 Å². The lowest BCUT2D eigenvalue weighted by Gasteiger charge is -2.32. The molecule has 2 rings (SSSR count). The number of rotatable bonds is 2. The molecule has 96 valence electrons. The second-order valence-corrected chi connectivity index (χ2v) is 4.14. The molecule has 1 unspecified atom stereocenters. The zero-order valence-electron chi connectivity index (χ0n) is 10.3. The largest absolute Gasteiger partial charge is 0.384 e. The van der Waals surface area contributed by atoms with Gasteiger partial charge in [-0.3, -0.25) is 14.9 Å². The van der Waals surface area contributed by atoms with Gasteiger partial charge in [0, 0.05) is 12.5 Å². The molecule has 3 N–H and O–H groups in total. The first-order valence-corrected chi connectivity index (χ1v) is 5.75. The molecule has 1 aliphatic rings. The number of nitrogen functional groups attached to an aromatic ring is 1. The number of hydrogen-bond acceptors (Lipinski definition) is 6. The van der Waals surface area contributed by atoms with Crippen LogP contribution in [0.1, 0.15) is 19.7 Å². The summed E-state index contributed by atoms with van der Waals surface area (Å²) in [6, 6.07) is 1.11. The van der Waals surface area contributed by atoms with E-state index >= 15 is 0 Å². The van der Waals surface area contributed by atoms with E-state index in [1.165, 1.54) is 0 Å². The minimum absolute atomic E-state index is 0.0898. The highest BCUT2D eigenvalue weighted by atomic mass is 16.2. The number of nitrogens with two attached hydrogens (primary N) is 1. The van der Waals surface area contributed by atoms with Crippen LogP contribution in [0, 0.1) is 0 Å². The van der Waals surface area contributed by atoms with Crippen LogP contribution in [-0.4, -0.2) is 34.4 Å². The predicted octanol–water partition coefficient (Wildman–Crippen LogP) is -0.527. The number of anilines is 2. The molecule has 2 heterocycles. The van der Waals surface area contributed by atoms with Crippen LogP contribution in [0.25, 0.3) is 0 Å². The third-order valence-corrected chi connectivity index (χ3v) is 2.81. The number of nitrogens with zero attached hydrogens (tertiary/aromatic N) is 3. The molecule has 0 radical (unpaired) electrons. The van der Waals surface area contributed by atoms with Crippen LogP contribution in [-0.2, 0) is 16.0 Å². The first-order valence-electron chi connectivity index (χ1n) is 5.75. The maximum atomic E-state index is 11.6. The standard InChI is InChI=1S/C11H15N5O2/c1-3-8-13-7(12)4-9(14-8)16-5-10(17)15-11(18)6(16)2/h4,6H,3,5H2,1-2H3,(H2,12,13,14)(H,15,17,18). The smallest absolute Gasteiger partial charge is 0.249 e. The van der Waals surface area contributed by atoms with Crippen molar-refractivity contribution in [2.45, 2.75) is 26.3 Å². The number of nitrogens with one attached hydrogen (secondary N) is 1. The number of imide groups is 1. The number of hydrogen-bond donors (Lipinski definition) is 2. The van der Waals surface area contributed by atoms with Gasteiger partial charge in [-0.2, -0.15) is 0 Å². The number of piperazine rings is 1. The van der Waals surface area contributed by atoms with Gasteiger partial charge in [-0.05, 0) is 6.92 Å². The van der Waals surface area contributed by atoms with E-state index < -0.39 is 6.04 Å². The highest BCUT2D eigenvalue weighted by molar-refractivity contribution is 6.04. The van der Waals surface area contributed by atoms with E-state index in [1.807, 2.05) is 6.92 Å². The molecule has 0 aromatic carbocycles. The summed E-state index contributed by atoms with van der Waals surface area (Å²) < 4.78 is 0. The van der Waals surface area contributed by atoms with Gasteiger partial charge in [0.1, 0.15) is 23.5 Å². The fraction of sp³-hybridized carbons (Fsp3) is 0.455. The molecule has 0 spiro atoms. The second-order valence-electron chi connectivity index (χ2n) is 4.14. The van der Waals surface area contributed by atoms with Crippen LogP contribution in [0.2, 0.25) is 0 Å². The van der Waals surface area contributed by atoms with Gasteiger partial charge >= 0.3 is 0 Å². The monoisotopic (exact) mass is 249 g/mol. The molecule has 7 heteroatoms. The van der Waals surface area contributed by atoms with Crippen molar-refractivity contribution < 1.29 is 9.59 Å². The van der Waals surface area contributed by atoms with Crippen molar-refractivity contribution in [1.82, 2.24) is 15.3 Å². The van der Waals surface area contributed by atoms with E-state index in [9.17, 15) is 9.59 Å². The Kier molecular flexibility index (Phi) is 3.14. The van der Waals surface area contributed by atoms with Crippen molar-refractivity contribution in [2.24, 2.45) is 0 Å². The zero-order chi connectivity index (χ0) is 13.3. The van der Waals surface area contributed by atoms with Crippen LogP contribution in [0.3, 0.4) is 0 Å². The number of carbonyl (C=O) groups is 2. The molecule has 1 aromatic rings. The lowest BCUT2D eigenvalue weighted by Crippen LogP contribution is -2.57. The van der Waals surface area contributed by atoms with Crippen molar-refractivity contribution in [3.63, 3.8) is 0 Å². The Balaban J connectivity index is 2.37. The molecule has 1 fully saturated rings. The summed E-state index contributed by atoms with van der Waals surface area (Å²) in [6.07, 6.45) is 0.639. The summed E-state index contributed by atoms with van der Waals surface area (Å²) in [6.45, 7) is 3.72. The van der Waals surface area contributed by atoms with E-state index in [0.717, 1.165) is 0 Å². The van der Waals surface area contributed by atoms with E-state index in [2.05, 4.69) is 15.3 Å². The Morgan fingerprint density at radius 2 is 2.22 bits per heavy atom. The SMILES string of the molecule is CCc1nc(N)cc(N2CC(=O)NC(=O)C2C)n1. The fourth-order valence-electron chi connectivity index (χ4n) is 1.80. The van der Waals surface area contributed by atoms with Crippen LogP contribution < -0.4 is 16.0 Å². The quantitative estimate of drug-likeness (QED) is 0.683. The molecule has 0 bridgehead atoms. The molecule has 1 aromatic heterocycles. The second kappa shape index (κ2) is 4.59. The highest BCUT2D eigenvalue weighted by Crippen LogP contribution is 2.18. The van der Waals surface area contributed by atoms with Crippen LogP contribution in [0.4, 0.5) is 11.6 Å². The van der Waals surface area contributed by atoms with Crippen LogP contribution in [0.5, 0.6) is 0 Å². The fourth-order valence-corrected chi connectivity index (χ4v) is 1.80. The van der Waals surface area contributed by atoms with Gasteiger partial charge in [-0.15, -0.1) is 0 Å². The van der Waals surface area contributed by atoms with E-state index in [0.29, 0.717) is 23.9 Å². The predicted molar refractivity (Wildman–Crippen MR) is 65.8 cm³/mol. The first-order chi connectivity index (χ1) is 8.51. The van der Waals surface area contributed by atoms with Gasteiger partial charge in [0.05, 0.1) is 6.54 Å². The van der Waals surface area contributed by atoms with Crippen LogP contribution >= 0.6 is 0 Å². The lowest BCUT2D eigenvalue weighted by atomic mass is 10.2. The molecule has 1 aliphatic heterocycles. The Morgan fingerprint density at radius 1 is 1.50 bits per heavy atom. The summed E-state index contributed by atoms with van der Waals surface area (Å²) in [5.41, 5.74) is 5.69. The highest BCUT2D eigenvalue weighted by Gasteiger charge is 2.31. The minimum Gasteiger partial charge on any atom is -0.384 e. The summed E-state index contributed by atoms with van der Waals surface area (Å²) >= 11 is 0. The zero-order valence-corrected chi connectivity index (χ0v) is 10.3. The molecule has 1 atom stereocenters. The molecular weight excluding hydrogens is 234 g/mol. The average molecular weight is 249 g/mol. The van der Waals surface area contributed by atoms with Crippen molar-refractivity contribution in [3.05, 3.63) is 11.9 Å². The summed E-state index contributed by atoms with van der Waals surface area (Å²) in [5.74, 6) is 0.767. The third-order valence-electron chi connectivity index (χ3n) is 2.81. The van der Waals surface area contributed by atoms with E-state index in [4.69, 9.17) is 5.73 Å². The van der Waals surface area contributed by atoms with Crippen molar-refractivity contribution in [2.75, 3.05) is 17.2 Å². The topological polar surface area (TPSA) is 101 Å². The van der Waals surface area contributed by atoms with E-state index in [1.54, 1.807) is 17.9 Å². The molecule has 0 aliphatic carbocycles. The Hall–Kier alpha value is -2.18. The van der Waals surface area contributed by atoms with Crippen LogP contribution in [0.15, 0.2) is 6.07 Å². The van der Waals surface area contributed by atoms with E-state index in [-0.39, 0.29) is 18.4 Å². The molecule has 1 saturated heterocycles. The summed E-state index contributed by atoms with van der Waals surface area (Å²) in [7, 11) is 0. The maximum Gasteiger partial charge on any atom is 0.249 e. The normalized spacial score (nSPS) is 19.9. The van der Waals surface area contributed by atoms with Gasteiger partial charge in [-0.25, -0.2) is 9.97 Å². The number of aryl methyl sites for hydroxylation is 1. The number of aromatic nitrogens is 2. The molecule has 18 heavy (non-hydrogen) atoms. The van der Waals surface area contributed by atoms with Gasteiger partial charge < -0.3 is 10.6 Å². The Morgan fingerprint density at radius 3 is 2.89 bits per heavy atom. The average Bonchev–Trinajstić information content (AvgIpc) is 2.32. The number of amides is 2. The van der Waals surface area contributed by atoms with Gasteiger partial charge in [0.25, 0.3) is 0 Å². The summed E-state index contributed by atoms with van der Waals surface area (Å²) in [5, 5.41) is 2.28. The number of carbonyl (C=O) groups excluding carboxylic acids is 2. The molecule has 0 saturated carbocycles. The molecule has 7 nitrogen and oxygen atoms in total. The van der Waals surface area contributed by atoms with Gasteiger partial charge in [0.2, 0.25) is 11.8 Å². The minimum atomic E-state index is -0.457. The van der Waals surface area contributed by atoms with Crippen molar-refractivity contribution in [3.8, 4) is 0 Å². The molecular formula is C11H15N5O2. The Bertz CT molecular complexity index is 502. The molecule has 2 amide bonds. The third kappa shape index (κ3) is 2.24. The van der Waals surface area contributed by atoms with Crippen molar-refractivity contribution >= 4 is 23.5 Å². The first kappa shape index (κ1) is 12.3. The van der Waals surface area contributed by atoms with Gasteiger partial charge in [-0.1, -0.05) is 6.92 Å². The Labute approximate surface area is 104 Å². The van der Waals surface area contributed by atoms with Gasteiger partial charge in [0.15, 0.2) is 0 Å². The lowest BCUT2D eigenvalue weighted by molar-refractivity contribution is -0.132. The summed E-state index contributed by atoms with van der Waals surface area (Å²) in [4.78, 5) is 33.0. The maximum absolute atomic E-state index is 11.6.